The van der Waals surface area contributed by atoms with Gasteiger partial charge in [-0.15, -0.1) is 0 Å². The lowest BCUT2D eigenvalue weighted by Crippen LogP contribution is -2.49. The molecule has 0 aliphatic carbocycles. The topological polar surface area (TPSA) is 12.5 Å². The fraction of sp³-hybridized carbons (Fsp3) is 1.00. The van der Waals surface area contributed by atoms with Gasteiger partial charge in [-0.25, -0.2) is 0 Å². The van der Waals surface area contributed by atoms with Crippen molar-refractivity contribution < 1.29 is 4.12 Å². The second-order valence-corrected chi connectivity index (χ2v) is 10.3. The predicted molar refractivity (Wildman–Crippen MR) is 51.1 cm³/mol. The molecule has 0 N–H and O–H groups in total. The van der Waals surface area contributed by atoms with E-state index in [0.717, 1.165) is 0 Å². The summed E-state index contributed by atoms with van der Waals surface area (Å²) in [6.45, 7) is 8.91. The number of rotatable bonds is 3. The molecule has 4 heteroatoms. The van der Waals surface area contributed by atoms with E-state index in [1.54, 1.807) is 0 Å². The predicted octanol–water partition coefficient (Wildman–Crippen LogP) is 1.25. The minimum absolute atomic E-state index is 0.832. The van der Waals surface area contributed by atoms with E-state index in [4.69, 9.17) is 4.12 Å². The average molecular weight is 177 g/mol. The van der Waals surface area contributed by atoms with E-state index in [1.165, 1.54) is 0 Å². The van der Waals surface area contributed by atoms with Gasteiger partial charge in [0.25, 0.3) is 8.48 Å². The van der Waals surface area contributed by atoms with Crippen LogP contribution in [-0.2, 0) is 4.12 Å². The summed E-state index contributed by atoms with van der Waals surface area (Å²) in [4.78, 5) is 0. The van der Waals surface area contributed by atoms with Crippen LogP contribution in [0, 0.1) is 0 Å². The normalized spacial score (nSPS) is 13.2. The van der Waals surface area contributed by atoms with Crippen molar-refractivity contribution in [3.05, 3.63) is 0 Å². The molecule has 0 amide bonds. The standard InChI is InChI=1S/C6H19NOSi2/c1-7(2)10(5,6)8-9(3)4/h9H,1-6H3. The molecule has 0 heterocycles. The van der Waals surface area contributed by atoms with E-state index in [-0.39, 0.29) is 0 Å². The molecular formula is C6H19NOSi2. The lowest BCUT2D eigenvalue weighted by Gasteiger charge is -2.31. The molecule has 10 heavy (non-hydrogen) atoms. The average Bonchev–Trinajstić information content (AvgIpc) is 1.60. The molecule has 0 spiro atoms. The fourth-order valence-corrected chi connectivity index (χ4v) is 6.14. The summed E-state index contributed by atoms with van der Waals surface area (Å²) in [5.74, 6) is 0. The van der Waals surface area contributed by atoms with Crippen molar-refractivity contribution in [3.8, 4) is 0 Å². The first-order chi connectivity index (χ1) is 4.36. The van der Waals surface area contributed by atoms with Crippen LogP contribution in [0.2, 0.25) is 26.2 Å². The summed E-state index contributed by atoms with van der Waals surface area (Å²) in [6, 6.07) is 0. The van der Waals surface area contributed by atoms with Crippen molar-refractivity contribution in [2.75, 3.05) is 14.1 Å². The fourth-order valence-electron chi connectivity index (χ4n) is 0.682. The Labute approximate surface area is 67.1 Å². The van der Waals surface area contributed by atoms with Gasteiger partial charge in [0.05, 0.1) is 0 Å². The van der Waals surface area contributed by atoms with E-state index >= 15 is 0 Å². The van der Waals surface area contributed by atoms with Gasteiger partial charge >= 0.3 is 0 Å². The van der Waals surface area contributed by atoms with Gasteiger partial charge in [-0.1, -0.05) is 0 Å². The van der Waals surface area contributed by atoms with Crippen molar-refractivity contribution in [1.82, 2.24) is 4.57 Å². The lowest BCUT2D eigenvalue weighted by molar-refractivity contribution is 0.454. The minimum Gasteiger partial charge on any atom is -0.447 e. The van der Waals surface area contributed by atoms with Crippen LogP contribution in [-0.4, -0.2) is 36.2 Å². The summed E-state index contributed by atoms with van der Waals surface area (Å²) < 4.78 is 8.14. The van der Waals surface area contributed by atoms with E-state index in [2.05, 4.69) is 44.8 Å². The highest BCUT2D eigenvalue weighted by Crippen LogP contribution is 2.07. The van der Waals surface area contributed by atoms with Crippen LogP contribution in [0.3, 0.4) is 0 Å². The Morgan fingerprint density at radius 3 is 1.70 bits per heavy atom. The van der Waals surface area contributed by atoms with Gasteiger partial charge < -0.3 is 8.68 Å². The third-order valence-corrected chi connectivity index (χ3v) is 7.95. The highest BCUT2D eigenvalue weighted by molar-refractivity contribution is 6.75. The van der Waals surface area contributed by atoms with Crippen molar-refractivity contribution >= 4 is 17.5 Å². The Balaban J connectivity index is 3.87. The Morgan fingerprint density at radius 2 is 1.60 bits per heavy atom. The molecule has 0 saturated heterocycles. The monoisotopic (exact) mass is 177 g/mol. The highest BCUT2D eigenvalue weighted by Gasteiger charge is 2.26. The summed E-state index contributed by atoms with van der Waals surface area (Å²) in [5.41, 5.74) is 0. The molecule has 0 aromatic heterocycles. The minimum atomic E-state index is -1.45. The first kappa shape index (κ1) is 10.4. The molecule has 0 fully saturated rings. The van der Waals surface area contributed by atoms with Crippen LogP contribution in [0.1, 0.15) is 0 Å². The molecule has 0 rings (SSSR count). The zero-order valence-corrected chi connectivity index (χ0v) is 10.1. The maximum atomic E-state index is 5.90. The zero-order valence-electron chi connectivity index (χ0n) is 7.93. The van der Waals surface area contributed by atoms with Crippen molar-refractivity contribution in [1.29, 1.82) is 0 Å². The molecule has 0 aromatic rings. The lowest BCUT2D eigenvalue weighted by atomic mass is 11.3. The third kappa shape index (κ3) is 3.50. The van der Waals surface area contributed by atoms with Crippen LogP contribution in [0.25, 0.3) is 0 Å². The second-order valence-electron chi connectivity index (χ2n) is 3.51. The summed E-state index contributed by atoms with van der Waals surface area (Å²) in [5, 5.41) is 0. The van der Waals surface area contributed by atoms with E-state index < -0.39 is 17.5 Å². The highest BCUT2D eigenvalue weighted by atomic mass is 28.4. The molecule has 0 bridgehead atoms. The Morgan fingerprint density at radius 1 is 1.20 bits per heavy atom. The van der Waals surface area contributed by atoms with E-state index in [1.807, 2.05) is 0 Å². The molecule has 0 aromatic carbocycles. The SMILES string of the molecule is CN(C)[Si](C)(C)O[SiH](C)C. The molecule has 62 valence electrons. The van der Waals surface area contributed by atoms with Crippen molar-refractivity contribution in [3.63, 3.8) is 0 Å². The van der Waals surface area contributed by atoms with Gasteiger partial charge in [0.1, 0.15) is 0 Å². The largest absolute Gasteiger partial charge is 0.447 e. The summed E-state index contributed by atoms with van der Waals surface area (Å²) in [7, 11) is 1.92. The molecule has 0 radical (unpaired) electrons. The van der Waals surface area contributed by atoms with Gasteiger partial charge in [-0.05, 0) is 40.3 Å². The second kappa shape index (κ2) is 3.66. The molecular weight excluding hydrogens is 158 g/mol. The van der Waals surface area contributed by atoms with Crippen LogP contribution in [0.5, 0.6) is 0 Å². The van der Waals surface area contributed by atoms with Crippen LogP contribution < -0.4 is 0 Å². The maximum Gasteiger partial charge on any atom is 0.254 e. The number of hydrogen-bond acceptors (Lipinski definition) is 2. The Hall–Kier alpha value is 0.354. The molecule has 0 unspecified atom stereocenters. The van der Waals surface area contributed by atoms with Gasteiger partial charge in [0.2, 0.25) is 0 Å². The Kier molecular flexibility index (Phi) is 3.79. The maximum absolute atomic E-state index is 5.90. The molecule has 0 saturated carbocycles. The number of hydrogen-bond donors (Lipinski definition) is 0. The van der Waals surface area contributed by atoms with Gasteiger partial charge in [-0.2, -0.15) is 0 Å². The Bertz CT molecular complexity index is 104. The van der Waals surface area contributed by atoms with Gasteiger partial charge in [-0.3, -0.25) is 0 Å². The van der Waals surface area contributed by atoms with E-state index in [9.17, 15) is 0 Å². The first-order valence-electron chi connectivity index (χ1n) is 3.71. The summed E-state index contributed by atoms with van der Waals surface area (Å²) >= 11 is 0. The third-order valence-electron chi connectivity index (χ3n) is 1.60. The van der Waals surface area contributed by atoms with Crippen LogP contribution in [0.15, 0.2) is 0 Å². The molecule has 2 nitrogen and oxygen atoms in total. The zero-order chi connectivity index (χ0) is 8.36. The summed E-state index contributed by atoms with van der Waals surface area (Å²) in [6.07, 6.45) is 0. The smallest absolute Gasteiger partial charge is 0.254 e. The van der Waals surface area contributed by atoms with Gasteiger partial charge in [0.15, 0.2) is 9.04 Å². The van der Waals surface area contributed by atoms with Crippen molar-refractivity contribution in [2.24, 2.45) is 0 Å². The molecule has 0 aliphatic rings. The van der Waals surface area contributed by atoms with Gasteiger partial charge in [0, 0.05) is 0 Å². The first-order valence-corrected chi connectivity index (χ1v) is 9.35. The quantitative estimate of drug-likeness (QED) is 0.602. The van der Waals surface area contributed by atoms with Crippen LogP contribution in [0.4, 0.5) is 0 Å². The molecule has 0 aliphatic heterocycles. The number of nitrogens with zero attached hydrogens (tertiary/aromatic N) is 1. The van der Waals surface area contributed by atoms with Crippen LogP contribution >= 0.6 is 0 Å². The van der Waals surface area contributed by atoms with Crippen molar-refractivity contribution in [2.45, 2.75) is 26.2 Å². The van der Waals surface area contributed by atoms with E-state index in [0.29, 0.717) is 0 Å². The molecule has 0 atom stereocenters.